The van der Waals surface area contributed by atoms with Crippen molar-refractivity contribution in [2.24, 2.45) is 0 Å². The number of aromatic nitrogens is 2. The van der Waals surface area contributed by atoms with Crippen LogP contribution in [-0.2, 0) is 4.74 Å². The molecular weight excluding hydrogens is 208 g/mol. The third kappa shape index (κ3) is 1.79. The molecule has 82 valence electrons. The first kappa shape index (κ1) is 10.4. The van der Waals surface area contributed by atoms with E-state index in [1.165, 1.54) is 12.4 Å². The summed E-state index contributed by atoms with van der Waals surface area (Å²) in [6.45, 7) is 2.04. The van der Waals surface area contributed by atoms with Crippen LogP contribution < -0.4 is 5.56 Å². The molecule has 0 atom stereocenters. The second kappa shape index (κ2) is 4.14. The van der Waals surface area contributed by atoms with E-state index in [1.54, 1.807) is 19.1 Å². The van der Waals surface area contributed by atoms with E-state index in [0.29, 0.717) is 23.1 Å². The summed E-state index contributed by atoms with van der Waals surface area (Å²) < 4.78 is 4.85. The van der Waals surface area contributed by atoms with Gasteiger partial charge in [0, 0.05) is 0 Å². The lowest BCUT2D eigenvalue weighted by Gasteiger charge is -2.02. The number of H-pyrrole nitrogens is 1. The molecule has 5 nitrogen and oxygen atoms in total. The minimum atomic E-state index is -0.437. The summed E-state index contributed by atoms with van der Waals surface area (Å²) >= 11 is 0. The Kier molecular flexibility index (Phi) is 2.68. The Hall–Kier alpha value is -2.17. The van der Waals surface area contributed by atoms with Gasteiger partial charge in [0.2, 0.25) is 0 Å². The molecule has 1 aromatic heterocycles. The number of hydrogen-bond acceptors (Lipinski definition) is 4. The maximum Gasteiger partial charge on any atom is 0.338 e. The Morgan fingerprint density at radius 3 is 3.06 bits per heavy atom. The van der Waals surface area contributed by atoms with Crippen molar-refractivity contribution in [3.63, 3.8) is 0 Å². The molecule has 0 spiro atoms. The van der Waals surface area contributed by atoms with Crippen LogP contribution in [0.25, 0.3) is 10.9 Å². The quantitative estimate of drug-likeness (QED) is 0.766. The number of nitrogens with zero attached hydrogens (tertiary/aromatic N) is 1. The molecule has 0 unspecified atom stereocenters. The second-order valence-corrected chi connectivity index (χ2v) is 3.18. The summed E-state index contributed by atoms with van der Waals surface area (Å²) in [5, 5.41) is 0.382. The van der Waals surface area contributed by atoms with Crippen molar-refractivity contribution in [1.29, 1.82) is 0 Å². The highest BCUT2D eigenvalue weighted by Gasteiger charge is 2.08. The fourth-order valence-electron chi connectivity index (χ4n) is 1.41. The number of rotatable bonds is 2. The van der Waals surface area contributed by atoms with Gasteiger partial charge in [-0.1, -0.05) is 0 Å². The van der Waals surface area contributed by atoms with E-state index in [-0.39, 0.29) is 5.56 Å². The van der Waals surface area contributed by atoms with Gasteiger partial charge in [-0.25, -0.2) is 9.78 Å². The summed E-state index contributed by atoms with van der Waals surface area (Å²) in [6.07, 6.45) is 1.33. The van der Waals surface area contributed by atoms with E-state index >= 15 is 0 Å². The summed E-state index contributed by atoms with van der Waals surface area (Å²) in [5.41, 5.74) is 0.640. The van der Waals surface area contributed by atoms with Gasteiger partial charge in [-0.05, 0) is 25.1 Å². The van der Waals surface area contributed by atoms with E-state index < -0.39 is 5.97 Å². The van der Waals surface area contributed by atoms with Crippen LogP contribution in [0.2, 0.25) is 0 Å². The van der Waals surface area contributed by atoms with Crippen molar-refractivity contribution in [2.75, 3.05) is 6.61 Å². The zero-order valence-corrected chi connectivity index (χ0v) is 8.69. The third-order valence-corrected chi connectivity index (χ3v) is 2.15. The maximum atomic E-state index is 11.5. The highest BCUT2D eigenvalue weighted by molar-refractivity contribution is 5.94. The molecule has 1 aromatic carbocycles. The van der Waals surface area contributed by atoms with Crippen LogP contribution in [0.15, 0.2) is 29.3 Å². The predicted octanol–water partition coefficient (Wildman–Crippen LogP) is 1.10. The van der Waals surface area contributed by atoms with E-state index in [2.05, 4.69) is 9.97 Å². The normalized spacial score (nSPS) is 10.3. The molecule has 2 rings (SSSR count). The van der Waals surface area contributed by atoms with E-state index in [1.807, 2.05) is 0 Å². The Morgan fingerprint density at radius 2 is 2.31 bits per heavy atom. The summed E-state index contributed by atoms with van der Waals surface area (Å²) in [7, 11) is 0. The van der Waals surface area contributed by atoms with Crippen molar-refractivity contribution in [1.82, 2.24) is 9.97 Å². The molecule has 0 fully saturated rings. The molecular formula is C11H10N2O3. The lowest BCUT2D eigenvalue weighted by Crippen LogP contribution is -2.09. The number of hydrogen-bond donors (Lipinski definition) is 1. The van der Waals surface area contributed by atoms with Crippen molar-refractivity contribution >= 4 is 16.9 Å². The first-order valence-corrected chi connectivity index (χ1v) is 4.87. The number of aromatic amines is 1. The molecule has 1 heterocycles. The number of ether oxygens (including phenoxy) is 1. The second-order valence-electron chi connectivity index (χ2n) is 3.18. The van der Waals surface area contributed by atoms with Crippen LogP contribution >= 0.6 is 0 Å². The molecule has 0 radical (unpaired) electrons. The molecule has 0 bridgehead atoms. The molecule has 0 aliphatic carbocycles. The number of nitrogens with one attached hydrogen (secondary N) is 1. The smallest absolute Gasteiger partial charge is 0.338 e. The number of fused-ring (bicyclic) bond motifs is 1. The van der Waals surface area contributed by atoms with E-state index in [9.17, 15) is 9.59 Å². The largest absolute Gasteiger partial charge is 0.462 e. The van der Waals surface area contributed by atoms with Crippen molar-refractivity contribution in [2.45, 2.75) is 6.92 Å². The first-order chi connectivity index (χ1) is 7.72. The van der Waals surface area contributed by atoms with E-state index in [4.69, 9.17) is 4.74 Å². The minimum absolute atomic E-state index is 0.267. The zero-order valence-electron chi connectivity index (χ0n) is 8.69. The lowest BCUT2D eigenvalue weighted by atomic mass is 10.1. The van der Waals surface area contributed by atoms with Gasteiger partial charge in [-0.15, -0.1) is 0 Å². The standard InChI is InChI=1S/C11H10N2O3/c1-2-16-11(15)7-3-4-9-8(5-7)10(14)13-6-12-9/h3-6H,2H2,1H3,(H,12,13,14). The molecule has 5 heteroatoms. The Balaban J connectivity index is 2.55. The van der Waals surface area contributed by atoms with Crippen molar-refractivity contribution in [3.8, 4) is 0 Å². The average Bonchev–Trinajstić information content (AvgIpc) is 2.29. The van der Waals surface area contributed by atoms with Crippen molar-refractivity contribution in [3.05, 3.63) is 40.4 Å². The van der Waals surface area contributed by atoms with Gasteiger partial charge in [0.1, 0.15) is 0 Å². The molecule has 0 aliphatic rings. The van der Waals surface area contributed by atoms with Crippen molar-refractivity contribution < 1.29 is 9.53 Å². The first-order valence-electron chi connectivity index (χ1n) is 4.87. The zero-order chi connectivity index (χ0) is 11.5. The Morgan fingerprint density at radius 1 is 1.50 bits per heavy atom. The Labute approximate surface area is 91.1 Å². The van der Waals surface area contributed by atoms with Crippen LogP contribution in [0.3, 0.4) is 0 Å². The van der Waals surface area contributed by atoms with Gasteiger partial charge in [0.25, 0.3) is 5.56 Å². The van der Waals surface area contributed by atoms with Gasteiger partial charge >= 0.3 is 5.97 Å². The minimum Gasteiger partial charge on any atom is -0.462 e. The maximum absolute atomic E-state index is 11.5. The van der Waals surface area contributed by atoms with Gasteiger partial charge in [0.15, 0.2) is 0 Å². The van der Waals surface area contributed by atoms with Crippen LogP contribution in [-0.4, -0.2) is 22.5 Å². The topological polar surface area (TPSA) is 72.0 Å². The summed E-state index contributed by atoms with van der Waals surface area (Å²) in [6, 6.07) is 4.70. The van der Waals surface area contributed by atoms with Crippen LogP contribution in [0.5, 0.6) is 0 Å². The molecule has 16 heavy (non-hydrogen) atoms. The fraction of sp³-hybridized carbons (Fsp3) is 0.182. The SMILES string of the molecule is CCOC(=O)c1ccc2nc[nH]c(=O)c2c1. The molecule has 1 N–H and O–H groups in total. The van der Waals surface area contributed by atoms with Crippen LogP contribution in [0, 0.1) is 0 Å². The van der Waals surface area contributed by atoms with Crippen LogP contribution in [0.4, 0.5) is 0 Å². The molecule has 0 saturated heterocycles. The van der Waals surface area contributed by atoms with E-state index in [0.717, 1.165) is 0 Å². The lowest BCUT2D eigenvalue weighted by molar-refractivity contribution is 0.0526. The Bertz CT molecular complexity index is 589. The number of esters is 1. The molecule has 0 saturated carbocycles. The average molecular weight is 218 g/mol. The molecule has 0 amide bonds. The third-order valence-electron chi connectivity index (χ3n) is 2.15. The monoisotopic (exact) mass is 218 g/mol. The number of carbonyl (C=O) groups excluding carboxylic acids is 1. The summed E-state index contributed by atoms with van der Waals surface area (Å²) in [4.78, 5) is 29.3. The van der Waals surface area contributed by atoms with Gasteiger partial charge in [-0.3, -0.25) is 4.79 Å². The van der Waals surface area contributed by atoms with Gasteiger partial charge in [-0.2, -0.15) is 0 Å². The van der Waals surface area contributed by atoms with Gasteiger partial charge < -0.3 is 9.72 Å². The predicted molar refractivity (Wildman–Crippen MR) is 58.3 cm³/mol. The molecule has 2 aromatic rings. The number of carbonyl (C=O) groups is 1. The summed E-state index contributed by atoms with van der Waals surface area (Å²) in [5.74, 6) is -0.437. The highest BCUT2D eigenvalue weighted by Crippen LogP contribution is 2.10. The molecule has 0 aliphatic heterocycles. The number of benzene rings is 1. The fourth-order valence-corrected chi connectivity index (χ4v) is 1.41. The van der Waals surface area contributed by atoms with Gasteiger partial charge in [0.05, 0.1) is 29.4 Å². The van der Waals surface area contributed by atoms with Crippen LogP contribution in [0.1, 0.15) is 17.3 Å². The highest BCUT2D eigenvalue weighted by atomic mass is 16.5.